The highest BCUT2D eigenvalue weighted by Crippen LogP contribution is 2.36. The smallest absolute Gasteiger partial charge is 0.142 e. The predicted molar refractivity (Wildman–Crippen MR) is 88.7 cm³/mol. The van der Waals surface area contributed by atoms with Gasteiger partial charge in [-0.1, -0.05) is 17.7 Å². The van der Waals surface area contributed by atoms with Crippen molar-refractivity contribution in [1.82, 2.24) is 15.2 Å². The lowest BCUT2D eigenvalue weighted by Crippen LogP contribution is -2.28. The van der Waals surface area contributed by atoms with Gasteiger partial charge in [0.2, 0.25) is 0 Å². The normalized spacial score (nSPS) is 22.3. The summed E-state index contributed by atoms with van der Waals surface area (Å²) in [6.07, 6.45) is 1.11. The molecule has 1 fully saturated rings. The van der Waals surface area contributed by atoms with Crippen molar-refractivity contribution in [2.24, 2.45) is 5.92 Å². The number of likely N-dealkylation sites (tertiary alicyclic amines) is 1. The van der Waals surface area contributed by atoms with Crippen LogP contribution in [-0.4, -0.2) is 30.0 Å². The Balaban J connectivity index is 1.66. The maximum atomic E-state index is 13.8. The molecule has 0 spiro atoms. The van der Waals surface area contributed by atoms with E-state index >= 15 is 0 Å². The molecule has 1 aliphatic rings. The summed E-state index contributed by atoms with van der Waals surface area (Å²) in [6, 6.07) is 5.39. The van der Waals surface area contributed by atoms with E-state index in [1.807, 2.05) is 11.6 Å². The number of nitrogens with zero attached hydrogens (tertiary/aromatic N) is 2. The van der Waals surface area contributed by atoms with Crippen molar-refractivity contribution in [3.63, 3.8) is 0 Å². The lowest BCUT2D eigenvalue weighted by Gasteiger charge is -2.26. The Labute approximate surface area is 139 Å². The molecule has 3 rings (SSSR count). The first-order valence-electron chi connectivity index (χ1n) is 7.38. The van der Waals surface area contributed by atoms with E-state index in [1.54, 1.807) is 23.5 Å². The monoisotopic (exact) mass is 339 g/mol. The third-order valence-corrected chi connectivity index (χ3v) is 5.20. The maximum Gasteiger partial charge on any atom is 0.142 e. The van der Waals surface area contributed by atoms with Crippen LogP contribution in [0.25, 0.3) is 0 Å². The second-order valence-electron chi connectivity index (χ2n) is 5.76. The molecule has 0 amide bonds. The molecule has 0 radical (unpaired) electrons. The Kier molecular flexibility index (Phi) is 5.08. The van der Waals surface area contributed by atoms with Crippen LogP contribution >= 0.6 is 22.9 Å². The SMILES string of the molecule is CN1CC[C@H](CNCc2cscn2)[C@@H]1c1ccc(Cl)c(F)c1. The topological polar surface area (TPSA) is 28.2 Å². The summed E-state index contributed by atoms with van der Waals surface area (Å²) in [5, 5.41) is 5.71. The molecule has 0 saturated carbocycles. The molecule has 2 aromatic rings. The van der Waals surface area contributed by atoms with E-state index in [0.29, 0.717) is 5.92 Å². The third-order valence-electron chi connectivity index (χ3n) is 4.26. The zero-order valence-corrected chi connectivity index (χ0v) is 14.0. The molecule has 2 atom stereocenters. The Morgan fingerprint density at radius 2 is 2.36 bits per heavy atom. The van der Waals surface area contributed by atoms with E-state index in [4.69, 9.17) is 11.6 Å². The van der Waals surface area contributed by atoms with Crippen LogP contribution < -0.4 is 5.32 Å². The summed E-state index contributed by atoms with van der Waals surface area (Å²) in [5.41, 5.74) is 3.92. The van der Waals surface area contributed by atoms with Crippen molar-refractivity contribution in [1.29, 1.82) is 0 Å². The zero-order valence-electron chi connectivity index (χ0n) is 12.4. The number of benzene rings is 1. The second-order valence-corrected chi connectivity index (χ2v) is 6.88. The standard InChI is InChI=1S/C16H19ClFN3S/c1-21-5-4-12(7-19-8-13-9-22-10-20-13)16(21)11-2-3-14(17)15(18)6-11/h2-3,6,9-10,12,16,19H,4-5,7-8H2,1H3/t12-,16+/m1/s1. The number of aromatic nitrogens is 1. The van der Waals surface area contributed by atoms with Gasteiger partial charge in [0.25, 0.3) is 0 Å². The van der Waals surface area contributed by atoms with Gasteiger partial charge in [-0.05, 0) is 43.6 Å². The quantitative estimate of drug-likeness (QED) is 0.900. The fourth-order valence-electron chi connectivity index (χ4n) is 3.17. The van der Waals surface area contributed by atoms with Crippen LogP contribution in [0.2, 0.25) is 5.02 Å². The minimum atomic E-state index is -0.339. The van der Waals surface area contributed by atoms with Gasteiger partial charge < -0.3 is 5.32 Å². The van der Waals surface area contributed by atoms with Crippen molar-refractivity contribution in [3.05, 3.63) is 51.2 Å². The summed E-state index contributed by atoms with van der Waals surface area (Å²) in [4.78, 5) is 6.56. The molecule has 1 aromatic carbocycles. The highest BCUT2D eigenvalue weighted by Gasteiger charge is 2.32. The first-order valence-corrected chi connectivity index (χ1v) is 8.70. The van der Waals surface area contributed by atoms with Crippen LogP contribution in [0.1, 0.15) is 23.7 Å². The number of thiazole rings is 1. The Hall–Kier alpha value is -1.01. The summed E-state index contributed by atoms with van der Waals surface area (Å²) >= 11 is 7.40. The Morgan fingerprint density at radius 1 is 1.50 bits per heavy atom. The molecule has 1 aliphatic heterocycles. The fraction of sp³-hybridized carbons (Fsp3) is 0.438. The number of hydrogen-bond acceptors (Lipinski definition) is 4. The van der Waals surface area contributed by atoms with Crippen LogP contribution in [-0.2, 0) is 6.54 Å². The Morgan fingerprint density at radius 3 is 3.09 bits per heavy atom. The molecule has 3 nitrogen and oxygen atoms in total. The van der Waals surface area contributed by atoms with E-state index in [1.165, 1.54) is 0 Å². The minimum absolute atomic E-state index is 0.183. The van der Waals surface area contributed by atoms with Crippen molar-refractivity contribution >= 4 is 22.9 Å². The molecule has 1 N–H and O–H groups in total. The number of halogens is 2. The summed E-state index contributed by atoms with van der Waals surface area (Å²) in [5.74, 6) is 0.123. The van der Waals surface area contributed by atoms with Crippen molar-refractivity contribution in [3.8, 4) is 0 Å². The Bertz CT molecular complexity index is 620. The highest BCUT2D eigenvalue weighted by atomic mass is 35.5. The van der Waals surface area contributed by atoms with Gasteiger partial charge in [0, 0.05) is 24.5 Å². The van der Waals surface area contributed by atoms with E-state index < -0.39 is 0 Å². The van der Waals surface area contributed by atoms with Gasteiger partial charge in [-0.25, -0.2) is 9.37 Å². The number of nitrogens with one attached hydrogen (secondary N) is 1. The van der Waals surface area contributed by atoms with Crippen LogP contribution in [0, 0.1) is 11.7 Å². The van der Waals surface area contributed by atoms with E-state index in [2.05, 4.69) is 27.6 Å². The van der Waals surface area contributed by atoms with Gasteiger partial charge in [0.05, 0.1) is 16.2 Å². The van der Waals surface area contributed by atoms with E-state index in [-0.39, 0.29) is 16.9 Å². The lowest BCUT2D eigenvalue weighted by atomic mass is 9.93. The number of rotatable bonds is 5. The summed E-state index contributed by atoms with van der Waals surface area (Å²) < 4.78 is 13.8. The molecule has 0 bridgehead atoms. The zero-order chi connectivity index (χ0) is 15.5. The van der Waals surface area contributed by atoms with Crippen LogP contribution in [0.5, 0.6) is 0 Å². The van der Waals surface area contributed by atoms with Gasteiger partial charge in [-0.2, -0.15) is 0 Å². The van der Waals surface area contributed by atoms with Gasteiger partial charge in [0.15, 0.2) is 0 Å². The van der Waals surface area contributed by atoms with Crippen molar-refractivity contribution in [2.75, 3.05) is 20.1 Å². The largest absolute Gasteiger partial charge is 0.311 e. The molecule has 1 aromatic heterocycles. The average Bonchev–Trinajstić information content (AvgIpc) is 3.13. The molecule has 0 unspecified atom stereocenters. The lowest BCUT2D eigenvalue weighted by molar-refractivity contribution is 0.271. The van der Waals surface area contributed by atoms with Gasteiger partial charge in [-0.15, -0.1) is 11.3 Å². The molecular weight excluding hydrogens is 321 g/mol. The first-order chi connectivity index (χ1) is 10.6. The highest BCUT2D eigenvalue weighted by molar-refractivity contribution is 7.07. The van der Waals surface area contributed by atoms with Gasteiger partial charge >= 0.3 is 0 Å². The van der Waals surface area contributed by atoms with Crippen molar-refractivity contribution < 1.29 is 4.39 Å². The molecular formula is C16H19ClFN3S. The first kappa shape index (κ1) is 15.9. The average molecular weight is 340 g/mol. The molecule has 2 heterocycles. The third kappa shape index (κ3) is 3.49. The second kappa shape index (κ2) is 7.04. The van der Waals surface area contributed by atoms with E-state index in [0.717, 1.165) is 37.3 Å². The molecule has 118 valence electrons. The predicted octanol–water partition coefficient (Wildman–Crippen LogP) is 3.72. The molecule has 6 heteroatoms. The molecule has 0 aliphatic carbocycles. The van der Waals surface area contributed by atoms with Crippen molar-refractivity contribution in [2.45, 2.75) is 19.0 Å². The maximum absolute atomic E-state index is 13.8. The summed E-state index contributed by atoms with van der Waals surface area (Å²) in [6.45, 7) is 2.71. The van der Waals surface area contributed by atoms with Crippen LogP contribution in [0.3, 0.4) is 0 Å². The molecule has 22 heavy (non-hydrogen) atoms. The van der Waals surface area contributed by atoms with Crippen LogP contribution in [0.15, 0.2) is 29.1 Å². The van der Waals surface area contributed by atoms with Gasteiger partial charge in [-0.3, -0.25) is 4.90 Å². The minimum Gasteiger partial charge on any atom is -0.311 e. The molecule has 1 saturated heterocycles. The van der Waals surface area contributed by atoms with E-state index in [9.17, 15) is 4.39 Å². The fourth-order valence-corrected chi connectivity index (χ4v) is 3.85. The summed E-state index contributed by atoms with van der Waals surface area (Å²) in [7, 11) is 2.09. The number of hydrogen-bond donors (Lipinski definition) is 1. The van der Waals surface area contributed by atoms with Crippen LogP contribution in [0.4, 0.5) is 4.39 Å². The van der Waals surface area contributed by atoms with Gasteiger partial charge in [0.1, 0.15) is 5.82 Å².